The summed E-state index contributed by atoms with van der Waals surface area (Å²) in [4.78, 5) is 24.6. The molecule has 3 rings (SSSR count). The van der Waals surface area contributed by atoms with Crippen LogP contribution in [0.2, 0.25) is 0 Å². The zero-order chi connectivity index (χ0) is 18.7. The maximum Gasteiger partial charge on any atom is 0.308 e. The fourth-order valence-electron chi connectivity index (χ4n) is 2.77. The van der Waals surface area contributed by atoms with Gasteiger partial charge in [-0.2, -0.15) is 0 Å². The number of nitrogens with one attached hydrogen (secondary N) is 1. The van der Waals surface area contributed by atoms with Gasteiger partial charge in [0.2, 0.25) is 0 Å². The third-order valence-electron chi connectivity index (χ3n) is 4.21. The Morgan fingerprint density at radius 2 is 1.92 bits per heavy atom. The average Bonchev–Trinajstić information content (AvgIpc) is 2.95. The summed E-state index contributed by atoms with van der Waals surface area (Å²) < 4.78 is 8.40. The number of hydrogen-bond acceptors (Lipinski definition) is 4. The van der Waals surface area contributed by atoms with Crippen molar-refractivity contribution in [1.29, 1.82) is 0 Å². The van der Waals surface area contributed by atoms with Crippen molar-refractivity contribution in [3.63, 3.8) is 0 Å². The monoisotopic (exact) mass is 370 g/mol. The Labute approximate surface area is 156 Å². The van der Waals surface area contributed by atoms with Crippen molar-refractivity contribution in [2.24, 2.45) is 0 Å². The van der Waals surface area contributed by atoms with Gasteiger partial charge < -0.3 is 10.1 Å². The minimum atomic E-state index is -0.576. The number of rotatable bonds is 6. The van der Waals surface area contributed by atoms with E-state index < -0.39 is 6.10 Å². The first-order valence-electron chi connectivity index (χ1n) is 8.69. The quantitative estimate of drug-likeness (QED) is 0.708. The molecule has 1 heterocycles. The second kappa shape index (κ2) is 7.74. The molecule has 0 aliphatic rings. The van der Waals surface area contributed by atoms with Crippen molar-refractivity contribution in [2.75, 3.05) is 5.32 Å². The number of carbonyl (C=O) groups is 1. The number of hydrogen-bond donors (Lipinski definition) is 1. The molecule has 1 atom stereocenters. The third-order valence-corrected chi connectivity index (χ3v) is 5.16. The van der Waals surface area contributed by atoms with E-state index in [1.807, 2.05) is 63.2 Å². The van der Waals surface area contributed by atoms with E-state index in [0.29, 0.717) is 24.4 Å². The molecule has 0 spiro atoms. The fourth-order valence-corrected chi connectivity index (χ4v) is 3.76. The highest BCUT2D eigenvalue weighted by Crippen LogP contribution is 2.22. The predicted molar refractivity (Wildman–Crippen MR) is 106 cm³/mol. The Hall–Kier alpha value is -2.60. The Morgan fingerprint density at radius 3 is 2.58 bits per heavy atom. The van der Waals surface area contributed by atoms with Crippen LogP contribution in [-0.4, -0.2) is 16.6 Å². The molecule has 5 nitrogen and oxygen atoms in total. The summed E-state index contributed by atoms with van der Waals surface area (Å²) in [5.41, 5.74) is 2.70. The molecule has 1 unspecified atom stereocenters. The second-order valence-corrected chi connectivity index (χ2v) is 7.10. The molecule has 2 aromatic carbocycles. The number of carbonyl (C=O) groups excluding carboxylic acids is 1. The van der Waals surface area contributed by atoms with E-state index >= 15 is 0 Å². The number of aryl methyl sites for hydroxylation is 2. The summed E-state index contributed by atoms with van der Waals surface area (Å²) in [6.07, 6.45) is -0.0195. The molecule has 26 heavy (non-hydrogen) atoms. The molecule has 0 fully saturated rings. The average molecular weight is 370 g/mol. The summed E-state index contributed by atoms with van der Waals surface area (Å²) in [6.45, 7) is 6.49. The Morgan fingerprint density at radius 1 is 1.19 bits per heavy atom. The smallest absolute Gasteiger partial charge is 0.308 e. The summed E-state index contributed by atoms with van der Waals surface area (Å²) in [7, 11) is 0. The van der Waals surface area contributed by atoms with Gasteiger partial charge in [0.05, 0.1) is 10.2 Å². The summed E-state index contributed by atoms with van der Waals surface area (Å²) >= 11 is 1.19. The first-order valence-corrected chi connectivity index (χ1v) is 9.51. The van der Waals surface area contributed by atoms with E-state index in [-0.39, 0.29) is 10.8 Å². The van der Waals surface area contributed by atoms with Crippen LogP contribution in [0.5, 0.6) is 5.75 Å². The largest absolute Gasteiger partial charge is 0.481 e. The number of aromatic nitrogens is 1. The van der Waals surface area contributed by atoms with Crippen molar-refractivity contribution in [2.45, 2.75) is 39.8 Å². The molecule has 0 radical (unpaired) electrons. The van der Waals surface area contributed by atoms with Gasteiger partial charge in [0.25, 0.3) is 5.91 Å². The molecular weight excluding hydrogens is 348 g/mol. The van der Waals surface area contributed by atoms with Gasteiger partial charge in [-0.3, -0.25) is 14.2 Å². The lowest BCUT2D eigenvalue weighted by molar-refractivity contribution is -0.122. The van der Waals surface area contributed by atoms with Crippen molar-refractivity contribution in [3.8, 4) is 5.75 Å². The normalized spacial score (nSPS) is 12.1. The topological polar surface area (TPSA) is 60.3 Å². The van der Waals surface area contributed by atoms with Crippen LogP contribution in [-0.2, 0) is 11.3 Å². The molecule has 1 amide bonds. The van der Waals surface area contributed by atoms with E-state index in [0.717, 1.165) is 15.8 Å². The molecule has 3 aromatic rings. The first kappa shape index (κ1) is 18.2. The standard InChI is InChI=1S/C20H22N2O3S/c1-4-17(25-15-9-6-13(3)7-10-15)19(23)21-14-8-11-16-18(12-14)26-20(24)22(16)5-2/h6-12,17H,4-5H2,1-3H3,(H,21,23). The number of benzene rings is 2. The minimum absolute atomic E-state index is 0.0140. The Balaban J connectivity index is 1.76. The van der Waals surface area contributed by atoms with Crippen molar-refractivity contribution in [3.05, 3.63) is 57.7 Å². The number of nitrogens with zero attached hydrogens (tertiary/aromatic N) is 1. The van der Waals surface area contributed by atoms with Crippen LogP contribution in [0.15, 0.2) is 47.3 Å². The van der Waals surface area contributed by atoms with Gasteiger partial charge in [-0.25, -0.2) is 0 Å². The van der Waals surface area contributed by atoms with Crippen LogP contribution in [0.25, 0.3) is 10.2 Å². The highest BCUT2D eigenvalue weighted by molar-refractivity contribution is 7.16. The minimum Gasteiger partial charge on any atom is -0.481 e. The number of anilines is 1. The number of amides is 1. The zero-order valence-corrected chi connectivity index (χ0v) is 15.9. The van der Waals surface area contributed by atoms with Gasteiger partial charge in [-0.1, -0.05) is 36.0 Å². The lowest BCUT2D eigenvalue weighted by Gasteiger charge is -2.17. The van der Waals surface area contributed by atoms with E-state index in [9.17, 15) is 9.59 Å². The summed E-state index contributed by atoms with van der Waals surface area (Å²) in [5.74, 6) is 0.473. The molecule has 0 aliphatic carbocycles. The summed E-state index contributed by atoms with van der Waals surface area (Å²) in [5, 5.41) is 2.89. The molecule has 1 N–H and O–H groups in total. The van der Waals surface area contributed by atoms with E-state index in [2.05, 4.69) is 5.32 Å². The van der Waals surface area contributed by atoms with Gasteiger partial charge in [0.1, 0.15) is 5.75 Å². The molecular formula is C20H22N2O3S. The van der Waals surface area contributed by atoms with Crippen molar-refractivity contribution in [1.82, 2.24) is 4.57 Å². The second-order valence-electron chi connectivity index (χ2n) is 6.11. The first-order chi connectivity index (χ1) is 12.5. The summed E-state index contributed by atoms with van der Waals surface area (Å²) in [6, 6.07) is 13.2. The van der Waals surface area contributed by atoms with Crippen LogP contribution < -0.4 is 14.9 Å². The molecule has 0 saturated carbocycles. The van der Waals surface area contributed by atoms with E-state index in [1.54, 1.807) is 4.57 Å². The Bertz CT molecular complexity index is 973. The highest BCUT2D eigenvalue weighted by Gasteiger charge is 2.19. The maximum atomic E-state index is 12.6. The van der Waals surface area contributed by atoms with Crippen LogP contribution in [0.1, 0.15) is 25.8 Å². The maximum absolute atomic E-state index is 12.6. The molecule has 136 valence electrons. The SMILES string of the molecule is CCC(Oc1ccc(C)cc1)C(=O)Nc1ccc2c(c1)sc(=O)n2CC. The molecule has 1 aromatic heterocycles. The lowest BCUT2D eigenvalue weighted by Crippen LogP contribution is -2.32. The number of thiazole rings is 1. The van der Waals surface area contributed by atoms with Crippen LogP contribution in [0, 0.1) is 6.92 Å². The lowest BCUT2D eigenvalue weighted by atomic mass is 10.2. The van der Waals surface area contributed by atoms with Crippen LogP contribution in [0.3, 0.4) is 0 Å². The number of ether oxygens (including phenoxy) is 1. The molecule has 6 heteroatoms. The van der Waals surface area contributed by atoms with Gasteiger partial charge in [0.15, 0.2) is 6.10 Å². The van der Waals surface area contributed by atoms with Gasteiger partial charge in [0, 0.05) is 12.2 Å². The van der Waals surface area contributed by atoms with Gasteiger partial charge in [-0.15, -0.1) is 0 Å². The van der Waals surface area contributed by atoms with Crippen LogP contribution in [0.4, 0.5) is 5.69 Å². The predicted octanol–water partition coefficient (Wildman–Crippen LogP) is 4.19. The van der Waals surface area contributed by atoms with Crippen LogP contribution >= 0.6 is 11.3 Å². The number of fused-ring (bicyclic) bond motifs is 1. The highest BCUT2D eigenvalue weighted by atomic mass is 32.1. The molecule has 0 saturated heterocycles. The third kappa shape index (κ3) is 3.80. The van der Waals surface area contributed by atoms with E-state index in [4.69, 9.17) is 4.74 Å². The van der Waals surface area contributed by atoms with Gasteiger partial charge >= 0.3 is 4.87 Å². The fraction of sp³-hybridized carbons (Fsp3) is 0.300. The van der Waals surface area contributed by atoms with Crippen molar-refractivity contribution >= 4 is 33.1 Å². The van der Waals surface area contributed by atoms with E-state index in [1.165, 1.54) is 11.3 Å². The van der Waals surface area contributed by atoms with Crippen molar-refractivity contribution < 1.29 is 9.53 Å². The molecule has 0 bridgehead atoms. The Kier molecular flexibility index (Phi) is 5.42. The molecule has 0 aliphatic heterocycles. The van der Waals surface area contributed by atoms with Gasteiger partial charge in [-0.05, 0) is 50.6 Å². The zero-order valence-electron chi connectivity index (χ0n) is 15.1.